The van der Waals surface area contributed by atoms with Gasteiger partial charge in [0.2, 0.25) is 5.43 Å². The number of aryl methyl sites for hydroxylation is 2. The summed E-state index contributed by atoms with van der Waals surface area (Å²) in [5.41, 5.74) is 5.28. The number of fused-ring (bicyclic) bond motifs is 1. The monoisotopic (exact) mass is 405 g/mol. The Bertz CT molecular complexity index is 1130. The Hall–Kier alpha value is -3.12. The van der Waals surface area contributed by atoms with Crippen LogP contribution in [0.25, 0.3) is 10.9 Å². The molecule has 0 atom stereocenters. The molecular formula is C24H27N3O3. The Morgan fingerprint density at radius 1 is 1.07 bits per heavy atom. The summed E-state index contributed by atoms with van der Waals surface area (Å²) >= 11 is 0. The van der Waals surface area contributed by atoms with Gasteiger partial charge in [-0.05, 0) is 49.2 Å². The summed E-state index contributed by atoms with van der Waals surface area (Å²) in [5, 5.41) is 0.517. The Morgan fingerprint density at radius 3 is 2.43 bits per heavy atom. The first-order chi connectivity index (χ1) is 14.5. The largest absolute Gasteiger partial charge is 0.465 e. The van der Waals surface area contributed by atoms with E-state index in [0.717, 1.165) is 43.8 Å². The highest BCUT2D eigenvalue weighted by atomic mass is 16.5. The fourth-order valence-electron chi connectivity index (χ4n) is 4.01. The highest BCUT2D eigenvalue weighted by Gasteiger charge is 2.19. The van der Waals surface area contributed by atoms with E-state index in [1.54, 1.807) is 0 Å². The van der Waals surface area contributed by atoms with Crippen LogP contribution in [-0.4, -0.2) is 49.1 Å². The third-order valence-electron chi connectivity index (χ3n) is 5.91. The summed E-state index contributed by atoms with van der Waals surface area (Å²) in [7, 11) is 1.28. The smallest absolute Gasteiger partial charge is 0.343 e. The van der Waals surface area contributed by atoms with Crippen molar-refractivity contribution in [2.75, 3.05) is 38.2 Å². The number of benzene rings is 2. The van der Waals surface area contributed by atoms with Gasteiger partial charge in [-0.15, -0.1) is 0 Å². The fraction of sp³-hybridized carbons (Fsp3) is 0.333. The Morgan fingerprint density at radius 2 is 1.77 bits per heavy atom. The van der Waals surface area contributed by atoms with Crippen molar-refractivity contribution in [2.45, 2.75) is 20.4 Å². The molecule has 0 radical (unpaired) electrons. The summed E-state index contributed by atoms with van der Waals surface area (Å²) in [6, 6.07) is 12.6. The maximum atomic E-state index is 12.6. The molecule has 3 aromatic rings. The second-order valence-electron chi connectivity index (χ2n) is 7.95. The van der Waals surface area contributed by atoms with Crippen LogP contribution in [0.3, 0.4) is 0 Å². The van der Waals surface area contributed by atoms with Gasteiger partial charge in [-0.1, -0.05) is 17.7 Å². The number of carbonyl (C=O) groups excluding carboxylic acids is 1. The van der Waals surface area contributed by atoms with Gasteiger partial charge in [0.25, 0.3) is 0 Å². The minimum Gasteiger partial charge on any atom is -0.465 e. The molecule has 1 saturated heterocycles. The second kappa shape index (κ2) is 8.32. The molecule has 6 nitrogen and oxygen atoms in total. The van der Waals surface area contributed by atoms with Crippen molar-refractivity contribution < 1.29 is 9.53 Å². The second-order valence-corrected chi connectivity index (χ2v) is 7.95. The van der Waals surface area contributed by atoms with E-state index in [0.29, 0.717) is 5.39 Å². The minimum atomic E-state index is -0.619. The molecular weight excluding hydrogens is 378 g/mol. The highest BCUT2D eigenvalue weighted by Crippen LogP contribution is 2.21. The van der Waals surface area contributed by atoms with Crippen molar-refractivity contribution in [2.24, 2.45) is 0 Å². The summed E-state index contributed by atoms with van der Waals surface area (Å²) < 4.78 is 4.70. The third-order valence-corrected chi connectivity index (χ3v) is 5.91. The number of nitrogens with one attached hydrogen (secondary N) is 1. The van der Waals surface area contributed by atoms with Gasteiger partial charge >= 0.3 is 5.97 Å². The molecule has 1 aliphatic heterocycles. The normalized spacial score (nSPS) is 14.8. The molecule has 4 rings (SSSR count). The average molecular weight is 405 g/mol. The minimum absolute atomic E-state index is 0.0318. The first-order valence-corrected chi connectivity index (χ1v) is 10.2. The number of carbonyl (C=O) groups is 1. The van der Waals surface area contributed by atoms with Crippen molar-refractivity contribution in [3.8, 4) is 0 Å². The average Bonchev–Trinajstić information content (AvgIpc) is 2.76. The number of hydrogen-bond acceptors (Lipinski definition) is 5. The van der Waals surface area contributed by atoms with Crippen molar-refractivity contribution in [3.63, 3.8) is 0 Å². The zero-order chi connectivity index (χ0) is 21.3. The van der Waals surface area contributed by atoms with Crippen LogP contribution in [-0.2, 0) is 11.3 Å². The molecule has 1 aromatic heterocycles. The summed E-state index contributed by atoms with van der Waals surface area (Å²) in [6.07, 6.45) is 1.44. The number of hydrogen-bond donors (Lipinski definition) is 1. The molecule has 0 aliphatic carbocycles. The molecule has 0 amide bonds. The predicted molar refractivity (Wildman–Crippen MR) is 119 cm³/mol. The number of rotatable bonds is 4. The van der Waals surface area contributed by atoms with Gasteiger partial charge in [0.1, 0.15) is 5.56 Å². The predicted octanol–water partition coefficient (Wildman–Crippen LogP) is 3.25. The molecule has 1 N–H and O–H groups in total. The first-order valence-electron chi connectivity index (χ1n) is 10.2. The van der Waals surface area contributed by atoms with Crippen LogP contribution in [0.15, 0.2) is 47.4 Å². The number of aromatic amines is 1. The van der Waals surface area contributed by atoms with Crippen LogP contribution in [0.5, 0.6) is 0 Å². The topological polar surface area (TPSA) is 65.6 Å². The zero-order valence-corrected chi connectivity index (χ0v) is 17.7. The number of ether oxygens (including phenoxy) is 1. The number of piperazine rings is 1. The molecule has 156 valence electrons. The molecule has 6 heteroatoms. The number of pyridine rings is 1. The van der Waals surface area contributed by atoms with E-state index in [4.69, 9.17) is 4.74 Å². The Labute approximate surface area is 176 Å². The van der Waals surface area contributed by atoms with Gasteiger partial charge in [0, 0.05) is 55.5 Å². The lowest BCUT2D eigenvalue weighted by atomic mass is 10.0. The van der Waals surface area contributed by atoms with Gasteiger partial charge in [-0.25, -0.2) is 4.79 Å². The quantitative estimate of drug-likeness (QED) is 0.675. The molecule has 30 heavy (non-hydrogen) atoms. The Balaban J connectivity index is 1.49. The molecule has 1 aliphatic rings. The summed E-state index contributed by atoms with van der Waals surface area (Å²) in [6.45, 7) is 8.93. The van der Waals surface area contributed by atoms with Crippen LogP contribution in [0.2, 0.25) is 0 Å². The zero-order valence-electron chi connectivity index (χ0n) is 17.7. The van der Waals surface area contributed by atoms with E-state index >= 15 is 0 Å². The molecule has 2 aromatic carbocycles. The highest BCUT2D eigenvalue weighted by molar-refractivity contribution is 5.93. The lowest BCUT2D eigenvalue weighted by Gasteiger charge is -2.36. The van der Waals surface area contributed by atoms with Gasteiger partial charge in [0.05, 0.1) is 7.11 Å². The molecule has 0 bridgehead atoms. The SMILES string of the molecule is COC(=O)c1c[nH]c2cc(CN3CCN(c4ccc(C)cc4)CC3)c(C)cc2c1=O. The maximum absolute atomic E-state index is 12.6. The van der Waals surface area contributed by atoms with Gasteiger partial charge < -0.3 is 14.6 Å². The number of H-pyrrole nitrogens is 1. The molecule has 2 heterocycles. The number of esters is 1. The van der Waals surface area contributed by atoms with E-state index in [2.05, 4.69) is 46.0 Å². The fourth-order valence-corrected chi connectivity index (χ4v) is 4.01. The van der Waals surface area contributed by atoms with Crippen LogP contribution in [0.1, 0.15) is 27.0 Å². The van der Waals surface area contributed by atoms with E-state index in [-0.39, 0.29) is 11.0 Å². The number of anilines is 1. The van der Waals surface area contributed by atoms with E-state index < -0.39 is 5.97 Å². The molecule has 0 spiro atoms. The van der Waals surface area contributed by atoms with E-state index in [1.165, 1.54) is 30.1 Å². The molecule has 1 fully saturated rings. The third kappa shape index (κ3) is 3.96. The number of nitrogens with zero attached hydrogens (tertiary/aromatic N) is 2. The van der Waals surface area contributed by atoms with Crippen LogP contribution in [0.4, 0.5) is 5.69 Å². The van der Waals surface area contributed by atoms with Crippen molar-refractivity contribution in [3.05, 3.63) is 75.1 Å². The van der Waals surface area contributed by atoms with E-state index in [1.807, 2.05) is 19.1 Å². The number of methoxy groups -OCH3 is 1. The van der Waals surface area contributed by atoms with Gasteiger partial charge in [0.15, 0.2) is 0 Å². The van der Waals surface area contributed by atoms with Crippen molar-refractivity contribution >= 4 is 22.6 Å². The summed E-state index contributed by atoms with van der Waals surface area (Å²) in [4.78, 5) is 32.4. The van der Waals surface area contributed by atoms with Crippen LogP contribution < -0.4 is 10.3 Å². The Kier molecular flexibility index (Phi) is 5.59. The standard InChI is InChI=1S/C24H27N3O3/c1-16-4-6-19(7-5-16)27-10-8-26(9-11-27)15-18-13-22-20(12-17(18)2)23(28)21(14-25-22)24(29)30-3/h4-7,12-14H,8-11,15H2,1-3H3,(H,25,28). The van der Waals surface area contributed by atoms with Crippen molar-refractivity contribution in [1.82, 2.24) is 9.88 Å². The lowest BCUT2D eigenvalue weighted by molar-refractivity contribution is 0.0599. The lowest BCUT2D eigenvalue weighted by Crippen LogP contribution is -2.46. The molecule has 0 saturated carbocycles. The molecule has 0 unspecified atom stereocenters. The van der Waals surface area contributed by atoms with Gasteiger partial charge in [-0.3, -0.25) is 9.69 Å². The number of aromatic nitrogens is 1. The van der Waals surface area contributed by atoms with Crippen molar-refractivity contribution in [1.29, 1.82) is 0 Å². The van der Waals surface area contributed by atoms with Crippen LogP contribution in [0, 0.1) is 13.8 Å². The van der Waals surface area contributed by atoms with E-state index in [9.17, 15) is 9.59 Å². The summed E-state index contributed by atoms with van der Waals surface area (Å²) in [5.74, 6) is -0.619. The first kappa shape index (κ1) is 20.2. The van der Waals surface area contributed by atoms with Crippen LogP contribution >= 0.6 is 0 Å². The maximum Gasteiger partial charge on any atom is 0.343 e. The van der Waals surface area contributed by atoms with Gasteiger partial charge in [-0.2, -0.15) is 0 Å².